The lowest BCUT2D eigenvalue weighted by molar-refractivity contribution is -0.115. The number of hydrogen-bond acceptors (Lipinski definition) is 2. The van der Waals surface area contributed by atoms with E-state index in [1.54, 1.807) is 13.0 Å². The van der Waals surface area contributed by atoms with Crippen LogP contribution in [0.2, 0.25) is 0 Å². The fraction of sp³-hybridized carbons (Fsp3) is 0.200. The second kappa shape index (κ2) is 4.89. The first-order valence-electron chi connectivity index (χ1n) is 4.17. The van der Waals surface area contributed by atoms with Gasteiger partial charge in [0.15, 0.2) is 0 Å². The first-order valence-corrected chi connectivity index (χ1v) is 4.96. The fourth-order valence-electron chi connectivity index (χ4n) is 1.02. The van der Waals surface area contributed by atoms with E-state index in [4.69, 9.17) is 5.26 Å². The van der Waals surface area contributed by atoms with Crippen LogP contribution < -0.4 is 5.32 Å². The Kier molecular flexibility index (Phi) is 3.81. The van der Waals surface area contributed by atoms with Gasteiger partial charge in [-0.15, -0.1) is 0 Å². The van der Waals surface area contributed by atoms with E-state index in [-0.39, 0.29) is 12.2 Å². The summed E-state index contributed by atoms with van der Waals surface area (Å²) in [4.78, 5) is 11.1. The minimum atomic E-state index is -0.413. The molecule has 78 valence electrons. The van der Waals surface area contributed by atoms with Crippen molar-refractivity contribution in [3.05, 3.63) is 28.0 Å². The van der Waals surface area contributed by atoms with Gasteiger partial charge < -0.3 is 5.32 Å². The third-order valence-electron chi connectivity index (χ3n) is 1.76. The SMILES string of the molecule is Cc1cc(NC(=O)CC#N)c(Br)cc1F. The molecule has 0 aromatic heterocycles. The van der Waals surface area contributed by atoms with Gasteiger partial charge in [0.05, 0.1) is 11.8 Å². The molecule has 1 aromatic carbocycles. The number of halogens is 2. The molecule has 0 aliphatic carbocycles. The minimum Gasteiger partial charge on any atom is -0.324 e. The summed E-state index contributed by atoms with van der Waals surface area (Å²) >= 11 is 3.12. The molecule has 1 amide bonds. The van der Waals surface area contributed by atoms with Crippen molar-refractivity contribution in [2.24, 2.45) is 0 Å². The Morgan fingerprint density at radius 2 is 2.33 bits per heavy atom. The van der Waals surface area contributed by atoms with Crippen LogP contribution in [0.5, 0.6) is 0 Å². The van der Waals surface area contributed by atoms with Crippen LogP contribution in [0.4, 0.5) is 10.1 Å². The first-order chi connectivity index (χ1) is 7.04. The van der Waals surface area contributed by atoms with E-state index >= 15 is 0 Å². The number of nitrogens with one attached hydrogen (secondary N) is 1. The molecule has 1 rings (SSSR count). The Morgan fingerprint density at radius 1 is 1.67 bits per heavy atom. The number of benzene rings is 1. The van der Waals surface area contributed by atoms with Gasteiger partial charge in [-0.1, -0.05) is 0 Å². The predicted molar refractivity (Wildman–Crippen MR) is 57.7 cm³/mol. The normalized spacial score (nSPS) is 9.47. The fourth-order valence-corrected chi connectivity index (χ4v) is 1.43. The van der Waals surface area contributed by atoms with Crippen molar-refractivity contribution in [1.82, 2.24) is 0 Å². The second-order valence-corrected chi connectivity index (χ2v) is 3.82. The van der Waals surface area contributed by atoms with Crippen molar-refractivity contribution in [3.63, 3.8) is 0 Å². The quantitative estimate of drug-likeness (QED) is 0.899. The van der Waals surface area contributed by atoms with E-state index in [9.17, 15) is 9.18 Å². The Hall–Kier alpha value is -1.41. The summed E-state index contributed by atoms with van der Waals surface area (Å²) < 4.78 is 13.5. The van der Waals surface area contributed by atoms with Crippen molar-refractivity contribution in [3.8, 4) is 6.07 Å². The van der Waals surface area contributed by atoms with E-state index in [0.717, 1.165) is 0 Å². The average molecular weight is 271 g/mol. The minimum absolute atomic E-state index is 0.219. The van der Waals surface area contributed by atoms with Gasteiger partial charge in [0.25, 0.3) is 0 Å². The van der Waals surface area contributed by atoms with Gasteiger partial charge >= 0.3 is 0 Å². The van der Waals surface area contributed by atoms with Crippen LogP contribution in [-0.2, 0) is 4.79 Å². The van der Waals surface area contributed by atoms with Crippen molar-refractivity contribution in [1.29, 1.82) is 5.26 Å². The summed E-state index contributed by atoms with van der Waals surface area (Å²) in [6, 6.07) is 4.52. The lowest BCUT2D eigenvalue weighted by Gasteiger charge is -2.07. The van der Waals surface area contributed by atoms with Gasteiger partial charge in [-0.25, -0.2) is 4.39 Å². The van der Waals surface area contributed by atoms with Crippen LogP contribution >= 0.6 is 15.9 Å². The molecule has 0 saturated heterocycles. The molecule has 1 aromatic rings. The highest BCUT2D eigenvalue weighted by Gasteiger charge is 2.08. The zero-order valence-corrected chi connectivity index (χ0v) is 9.56. The van der Waals surface area contributed by atoms with E-state index < -0.39 is 5.91 Å². The van der Waals surface area contributed by atoms with Crippen LogP contribution in [0.3, 0.4) is 0 Å². The van der Waals surface area contributed by atoms with Crippen LogP contribution in [-0.4, -0.2) is 5.91 Å². The Bertz CT molecular complexity index is 440. The summed E-state index contributed by atoms with van der Waals surface area (Å²) in [5.41, 5.74) is 0.902. The first kappa shape index (κ1) is 11.7. The maximum absolute atomic E-state index is 13.0. The molecule has 0 aliphatic heterocycles. The molecule has 3 nitrogen and oxygen atoms in total. The topological polar surface area (TPSA) is 52.9 Å². The summed E-state index contributed by atoms with van der Waals surface area (Å²) in [5, 5.41) is 10.8. The molecule has 0 aliphatic rings. The Balaban J connectivity index is 2.92. The van der Waals surface area contributed by atoms with Gasteiger partial charge in [-0.05, 0) is 40.5 Å². The molecule has 0 atom stereocenters. The zero-order valence-electron chi connectivity index (χ0n) is 7.97. The van der Waals surface area contributed by atoms with Crippen molar-refractivity contribution in [2.75, 3.05) is 5.32 Å². The molecule has 0 heterocycles. The average Bonchev–Trinajstić information content (AvgIpc) is 2.14. The molecule has 0 bridgehead atoms. The molecule has 15 heavy (non-hydrogen) atoms. The van der Waals surface area contributed by atoms with E-state index in [1.165, 1.54) is 12.1 Å². The molecule has 1 N–H and O–H groups in total. The van der Waals surface area contributed by atoms with Gasteiger partial charge in [0.2, 0.25) is 5.91 Å². The Morgan fingerprint density at radius 3 is 2.93 bits per heavy atom. The highest BCUT2D eigenvalue weighted by atomic mass is 79.9. The summed E-state index contributed by atoms with van der Waals surface area (Å²) in [6.45, 7) is 1.60. The van der Waals surface area contributed by atoms with Crippen LogP contribution in [0.25, 0.3) is 0 Å². The summed E-state index contributed by atoms with van der Waals surface area (Å²) in [6.07, 6.45) is -0.219. The number of anilines is 1. The van der Waals surface area contributed by atoms with Crippen molar-refractivity contribution in [2.45, 2.75) is 13.3 Å². The van der Waals surface area contributed by atoms with Crippen molar-refractivity contribution >= 4 is 27.5 Å². The zero-order chi connectivity index (χ0) is 11.4. The van der Waals surface area contributed by atoms with E-state index in [0.29, 0.717) is 15.7 Å². The lowest BCUT2D eigenvalue weighted by atomic mass is 10.2. The summed E-state index contributed by atoms with van der Waals surface area (Å²) in [5.74, 6) is -0.760. The number of rotatable bonds is 2. The van der Waals surface area contributed by atoms with Crippen molar-refractivity contribution < 1.29 is 9.18 Å². The molecule has 0 unspecified atom stereocenters. The highest BCUT2D eigenvalue weighted by molar-refractivity contribution is 9.10. The largest absolute Gasteiger partial charge is 0.324 e. The molecular weight excluding hydrogens is 263 g/mol. The monoisotopic (exact) mass is 270 g/mol. The van der Waals surface area contributed by atoms with Gasteiger partial charge in [-0.2, -0.15) is 5.26 Å². The number of hydrogen-bond donors (Lipinski definition) is 1. The smallest absolute Gasteiger partial charge is 0.238 e. The molecule has 0 fully saturated rings. The van der Waals surface area contributed by atoms with E-state index in [2.05, 4.69) is 21.2 Å². The maximum atomic E-state index is 13.0. The number of carbonyl (C=O) groups is 1. The number of aryl methyl sites for hydroxylation is 1. The van der Waals surface area contributed by atoms with Crippen LogP contribution in [0.15, 0.2) is 16.6 Å². The van der Waals surface area contributed by atoms with Crippen LogP contribution in [0, 0.1) is 24.1 Å². The van der Waals surface area contributed by atoms with Gasteiger partial charge in [-0.3, -0.25) is 4.79 Å². The third kappa shape index (κ3) is 3.03. The molecular formula is C10H8BrFN2O. The number of amides is 1. The standard InChI is InChI=1S/C10H8BrFN2O/c1-6-4-9(7(11)5-8(6)12)14-10(15)2-3-13/h4-5H,2H2,1H3,(H,14,15). The van der Waals surface area contributed by atoms with Crippen LogP contribution in [0.1, 0.15) is 12.0 Å². The van der Waals surface area contributed by atoms with E-state index in [1.807, 2.05) is 0 Å². The molecule has 0 saturated carbocycles. The number of carbonyl (C=O) groups excluding carboxylic acids is 1. The predicted octanol–water partition coefficient (Wildman–Crippen LogP) is 2.75. The maximum Gasteiger partial charge on any atom is 0.238 e. The van der Waals surface area contributed by atoms with Gasteiger partial charge in [0, 0.05) is 4.47 Å². The lowest BCUT2D eigenvalue weighted by Crippen LogP contribution is -2.10. The molecule has 5 heteroatoms. The number of nitriles is 1. The number of nitrogens with zero attached hydrogens (tertiary/aromatic N) is 1. The Labute approximate surface area is 95.0 Å². The molecule has 0 spiro atoms. The highest BCUT2D eigenvalue weighted by Crippen LogP contribution is 2.25. The molecule has 0 radical (unpaired) electrons. The second-order valence-electron chi connectivity index (χ2n) is 2.96. The van der Waals surface area contributed by atoms with Gasteiger partial charge in [0.1, 0.15) is 12.2 Å². The third-order valence-corrected chi connectivity index (χ3v) is 2.42. The summed E-state index contributed by atoms with van der Waals surface area (Å²) in [7, 11) is 0.